The first-order valence-electron chi connectivity index (χ1n) is 7.03. The highest BCUT2D eigenvalue weighted by molar-refractivity contribution is 6.90. The van der Waals surface area contributed by atoms with Crippen LogP contribution in [0.4, 0.5) is 0 Å². The van der Waals surface area contributed by atoms with E-state index < -0.39 is 16.5 Å². The fraction of sp³-hybridized carbons (Fsp3) is 0.857. The summed E-state index contributed by atoms with van der Waals surface area (Å²) in [6.45, 7) is 14.5. The zero-order valence-electron chi connectivity index (χ0n) is 12.6. The second-order valence-corrected chi connectivity index (χ2v) is 17.3. The van der Waals surface area contributed by atoms with E-state index in [1.54, 1.807) is 0 Å². The maximum Gasteiger partial charge on any atom is 0.147 e. The lowest BCUT2D eigenvalue weighted by Gasteiger charge is -2.41. The van der Waals surface area contributed by atoms with Gasteiger partial charge >= 0.3 is 0 Å². The molecule has 0 amide bonds. The van der Waals surface area contributed by atoms with Gasteiger partial charge in [-0.05, 0) is 18.9 Å². The number of hydrogen-bond acceptors (Lipinski definition) is 1. The maximum atomic E-state index is 3.58. The van der Waals surface area contributed by atoms with Crippen LogP contribution in [0.25, 0.3) is 0 Å². The molecule has 1 aliphatic carbocycles. The fourth-order valence-corrected chi connectivity index (χ4v) is 11.6. The maximum absolute atomic E-state index is 3.58. The second kappa shape index (κ2) is 5.62. The normalized spacial score (nSPS) is 18.5. The minimum absolute atomic E-state index is 0.680. The molecule has 0 radical (unpaired) electrons. The highest BCUT2D eigenvalue weighted by Gasteiger charge is 2.32. The van der Waals surface area contributed by atoms with Gasteiger partial charge in [0, 0.05) is 5.92 Å². The Balaban J connectivity index is 2.76. The third kappa shape index (κ3) is 4.89. The smallest absolute Gasteiger partial charge is 0.147 e. The van der Waals surface area contributed by atoms with Gasteiger partial charge in [-0.1, -0.05) is 64.5 Å². The Morgan fingerprint density at radius 1 is 0.824 bits per heavy atom. The van der Waals surface area contributed by atoms with Crippen LogP contribution in [-0.4, -0.2) is 20.7 Å². The van der Waals surface area contributed by atoms with E-state index in [1.165, 1.54) is 32.1 Å². The van der Waals surface area contributed by atoms with Gasteiger partial charge in [0.2, 0.25) is 0 Å². The van der Waals surface area contributed by atoms with Gasteiger partial charge in [-0.25, -0.2) is 0 Å². The third-order valence-electron chi connectivity index (χ3n) is 3.33. The predicted octanol–water partition coefficient (Wildman–Crippen LogP) is 4.50. The van der Waals surface area contributed by atoms with Crippen LogP contribution in [-0.2, 0) is 0 Å². The highest BCUT2D eigenvalue weighted by atomic mass is 28.4. The predicted molar refractivity (Wildman–Crippen MR) is 82.9 cm³/mol. The lowest BCUT2D eigenvalue weighted by atomic mass is 9.90. The molecule has 1 saturated carbocycles. The molecule has 98 valence electrons. The van der Waals surface area contributed by atoms with Crippen LogP contribution in [0, 0.1) is 17.9 Å². The van der Waals surface area contributed by atoms with E-state index >= 15 is 0 Å². The first-order valence-corrected chi connectivity index (χ1v) is 13.9. The zero-order valence-corrected chi connectivity index (χ0v) is 14.6. The Bertz CT molecular complexity index is 281. The van der Waals surface area contributed by atoms with Gasteiger partial charge in [0.25, 0.3) is 0 Å². The highest BCUT2D eigenvalue weighted by Crippen LogP contribution is 2.24. The molecule has 1 rings (SSSR count). The van der Waals surface area contributed by atoms with Crippen molar-refractivity contribution >= 4 is 16.5 Å². The van der Waals surface area contributed by atoms with E-state index in [4.69, 9.17) is 0 Å². The lowest BCUT2D eigenvalue weighted by molar-refractivity contribution is 0.429. The molecule has 17 heavy (non-hydrogen) atoms. The lowest BCUT2D eigenvalue weighted by Crippen LogP contribution is -2.56. The summed E-state index contributed by atoms with van der Waals surface area (Å²) in [5.41, 5.74) is 0. The Kier molecular flexibility index (Phi) is 4.91. The van der Waals surface area contributed by atoms with Gasteiger partial charge in [-0.2, -0.15) is 0 Å². The molecule has 0 unspecified atom stereocenters. The molecule has 0 aliphatic heterocycles. The monoisotopic (exact) mass is 267 g/mol. The fourth-order valence-electron chi connectivity index (χ4n) is 2.74. The molecule has 1 aliphatic rings. The third-order valence-corrected chi connectivity index (χ3v) is 10.3. The standard InChI is InChI=1S/C14H29NSi2/c1-16(2,3)15(17(4,5)6)13-12-14-10-8-7-9-11-14/h14H,7-11H2,1-6H3. The molecule has 0 spiro atoms. The molecule has 0 N–H and O–H groups in total. The van der Waals surface area contributed by atoms with E-state index in [9.17, 15) is 0 Å². The Morgan fingerprint density at radius 2 is 1.29 bits per heavy atom. The second-order valence-electron chi connectivity index (χ2n) is 7.27. The summed E-state index contributed by atoms with van der Waals surface area (Å²) in [4.78, 5) is 0. The van der Waals surface area contributed by atoms with E-state index in [0.717, 1.165) is 0 Å². The van der Waals surface area contributed by atoms with E-state index in [0.29, 0.717) is 5.92 Å². The SMILES string of the molecule is C[Si](C)(C)N(C#CC1CCCCC1)[Si](C)(C)C. The quantitative estimate of drug-likeness (QED) is 0.404. The number of nitrogens with zero attached hydrogens (tertiary/aromatic N) is 1. The van der Waals surface area contributed by atoms with Crippen molar-refractivity contribution in [2.24, 2.45) is 5.92 Å². The van der Waals surface area contributed by atoms with Gasteiger partial charge in [-0.3, -0.25) is 0 Å². The molecular formula is C14H29NSi2. The molecule has 0 aromatic rings. The Hall–Kier alpha value is -0.206. The van der Waals surface area contributed by atoms with Gasteiger partial charge in [0.15, 0.2) is 0 Å². The van der Waals surface area contributed by atoms with Crippen LogP contribution in [0.5, 0.6) is 0 Å². The summed E-state index contributed by atoms with van der Waals surface area (Å²) in [6.07, 6.45) is 6.86. The molecule has 0 heterocycles. The summed E-state index contributed by atoms with van der Waals surface area (Å²) >= 11 is 0. The van der Waals surface area contributed by atoms with E-state index in [1.807, 2.05) is 0 Å². The molecule has 0 aromatic carbocycles. The van der Waals surface area contributed by atoms with Crippen LogP contribution in [0.15, 0.2) is 0 Å². The van der Waals surface area contributed by atoms with E-state index in [-0.39, 0.29) is 0 Å². The Morgan fingerprint density at radius 3 is 1.71 bits per heavy atom. The van der Waals surface area contributed by atoms with Crippen molar-refractivity contribution in [3.63, 3.8) is 0 Å². The number of hydrogen-bond donors (Lipinski definition) is 0. The van der Waals surface area contributed by atoms with Crippen molar-refractivity contribution in [1.82, 2.24) is 4.23 Å². The topological polar surface area (TPSA) is 3.24 Å². The molecule has 0 atom stereocenters. The first-order chi connectivity index (χ1) is 7.71. The minimum atomic E-state index is -1.29. The zero-order chi connectivity index (χ0) is 13.1. The van der Waals surface area contributed by atoms with Crippen molar-refractivity contribution in [3.05, 3.63) is 0 Å². The molecule has 3 heteroatoms. The van der Waals surface area contributed by atoms with Crippen molar-refractivity contribution in [1.29, 1.82) is 0 Å². The molecule has 1 nitrogen and oxygen atoms in total. The summed E-state index contributed by atoms with van der Waals surface area (Å²) < 4.78 is 2.59. The van der Waals surface area contributed by atoms with Crippen molar-refractivity contribution < 1.29 is 0 Å². The molecule has 0 aromatic heterocycles. The minimum Gasteiger partial charge on any atom is -0.385 e. The van der Waals surface area contributed by atoms with Gasteiger partial charge in [-0.15, -0.1) is 0 Å². The van der Waals surface area contributed by atoms with Crippen molar-refractivity contribution in [2.75, 3.05) is 0 Å². The largest absolute Gasteiger partial charge is 0.385 e. The molecule has 0 saturated heterocycles. The Labute approximate surface area is 110 Å². The average Bonchev–Trinajstić information content (AvgIpc) is 2.15. The molecular weight excluding hydrogens is 238 g/mol. The average molecular weight is 268 g/mol. The van der Waals surface area contributed by atoms with Crippen LogP contribution in [0.1, 0.15) is 32.1 Å². The van der Waals surface area contributed by atoms with Crippen LogP contribution in [0.2, 0.25) is 39.3 Å². The van der Waals surface area contributed by atoms with Gasteiger partial charge in [0.1, 0.15) is 16.5 Å². The van der Waals surface area contributed by atoms with Crippen LogP contribution < -0.4 is 0 Å². The molecule has 1 fully saturated rings. The number of rotatable bonds is 2. The van der Waals surface area contributed by atoms with Crippen molar-refractivity contribution in [3.8, 4) is 12.0 Å². The summed E-state index contributed by atoms with van der Waals surface area (Å²) in [5.74, 6) is 4.26. The summed E-state index contributed by atoms with van der Waals surface area (Å²) in [5, 5.41) is 0. The van der Waals surface area contributed by atoms with Gasteiger partial charge < -0.3 is 4.23 Å². The van der Waals surface area contributed by atoms with Crippen LogP contribution in [0.3, 0.4) is 0 Å². The van der Waals surface area contributed by atoms with Gasteiger partial charge in [0.05, 0.1) is 0 Å². The first kappa shape index (κ1) is 14.9. The van der Waals surface area contributed by atoms with Crippen molar-refractivity contribution in [2.45, 2.75) is 71.4 Å². The van der Waals surface area contributed by atoms with E-state index in [2.05, 4.69) is 55.5 Å². The molecule has 0 bridgehead atoms. The van der Waals surface area contributed by atoms with Crippen LogP contribution >= 0.6 is 0 Å². The summed E-state index contributed by atoms with van der Waals surface area (Å²) in [6, 6.07) is 3.58. The summed E-state index contributed by atoms with van der Waals surface area (Å²) in [7, 11) is -2.57.